The summed E-state index contributed by atoms with van der Waals surface area (Å²) >= 11 is 0. The summed E-state index contributed by atoms with van der Waals surface area (Å²) in [5, 5.41) is 19.1. The van der Waals surface area contributed by atoms with E-state index < -0.39 is 4.92 Å². The summed E-state index contributed by atoms with van der Waals surface area (Å²) in [6.45, 7) is 0. The van der Waals surface area contributed by atoms with Gasteiger partial charge in [-0.2, -0.15) is 0 Å². The van der Waals surface area contributed by atoms with Gasteiger partial charge in [-0.3, -0.25) is 10.1 Å². The second-order valence-corrected chi connectivity index (χ2v) is 2.17. The smallest absolute Gasteiger partial charge is 0.276 e. The van der Waals surface area contributed by atoms with Crippen molar-refractivity contribution in [3.8, 4) is 0 Å². The van der Waals surface area contributed by atoms with Gasteiger partial charge >= 0.3 is 0 Å². The molecule has 0 aliphatic heterocycles. The third-order valence-corrected chi connectivity index (χ3v) is 1.30. The summed E-state index contributed by atoms with van der Waals surface area (Å²) in [5.41, 5.74) is 0.439. The predicted molar refractivity (Wildman–Crippen MR) is 44.0 cm³/mol. The summed E-state index contributed by atoms with van der Waals surface area (Å²) in [4.78, 5) is 9.26. The lowest BCUT2D eigenvalue weighted by molar-refractivity contribution is -0.402. The van der Waals surface area contributed by atoms with Gasteiger partial charge in [-0.1, -0.05) is 30.3 Å². The lowest BCUT2D eigenvalue weighted by atomic mass is 10.2. The topological polar surface area (TPSA) is 63.4 Å². The van der Waals surface area contributed by atoms with Gasteiger partial charge < -0.3 is 5.11 Å². The lowest BCUT2D eigenvalue weighted by Crippen LogP contribution is -1.89. The normalized spacial score (nSPS) is 11.2. The first kappa shape index (κ1) is 8.26. The van der Waals surface area contributed by atoms with Crippen molar-refractivity contribution in [3.63, 3.8) is 0 Å². The van der Waals surface area contributed by atoms with E-state index >= 15 is 0 Å². The minimum absolute atomic E-state index is 0.333. The monoisotopic (exact) mass is 165 g/mol. The Morgan fingerprint density at radius 3 is 2.50 bits per heavy atom. The maximum atomic E-state index is 9.95. The summed E-state index contributed by atoms with van der Waals surface area (Å²) in [6.07, 6.45) is 0.565. The second-order valence-electron chi connectivity index (χ2n) is 2.17. The molecule has 1 N–H and O–H groups in total. The average Bonchev–Trinajstić information content (AvgIpc) is 2.05. The van der Waals surface area contributed by atoms with Crippen LogP contribution in [0.25, 0.3) is 5.76 Å². The molecule has 4 heteroatoms. The van der Waals surface area contributed by atoms with E-state index in [4.69, 9.17) is 5.11 Å². The van der Waals surface area contributed by atoms with Gasteiger partial charge in [0.05, 0.1) is 4.92 Å². The molecule has 4 nitrogen and oxygen atoms in total. The van der Waals surface area contributed by atoms with Gasteiger partial charge in [-0.05, 0) is 0 Å². The summed E-state index contributed by atoms with van der Waals surface area (Å²) in [5.74, 6) is -0.333. The number of benzene rings is 1. The van der Waals surface area contributed by atoms with E-state index in [1.54, 1.807) is 30.3 Å². The van der Waals surface area contributed by atoms with Crippen LogP contribution >= 0.6 is 0 Å². The minimum Gasteiger partial charge on any atom is -0.502 e. The molecule has 0 heterocycles. The molecule has 0 saturated heterocycles. The quantitative estimate of drug-likeness (QED) is 0.413. The molecule has 1 rings (SSSR count). The zero-order chi connectivity index (χ0) is 8.97. The molecule has 1 aromatic rings. The maximum Gasteiger partial charge on any atom is 0.276 e. The minimum atomic E-state index is -0.692. The van der Waals surface area contributed by atoms with Crippen molar-refractivity contribution >= 4 is 5.76 Å². The number of aliphatic hydroxyl groups is 1. The van der Waals surface area contributed by atoms with E-state index in [1.807, 2.05) is 0 Å². The van der Waals surface area contributed by atoms with Gasteiger partial charge in [-0.25, -0.2) is 0 Å². The molecule has 0 aliphatic carbocycles. The molecular formula is C8H7NO3. The Labute approximate surface area is 68.9 Å². The largest absolute Gasteiger partial charge is 0.502 e. The van der Waals surface area contributed by atoms with Crippen molar-refractivity contribution in [2.45, 2.75) is 0 Å². The molecule has 0 radical (unpaired) electrons. The Balaban J connectivity index is 2.93. The van der Waals surface area contributed by atoms with Gasteiger partial charge in [0.1, 0.15) is 0 Å². The van der Waals surface area contributed by atoms with Gasteiger partial charge in [-0.15, -0.1) is 0 Å². The molecule has 0 fully saturated rings. The number of rotatable bonds is 2. The van der Waals surface area contributed by atoms with Crippen molar-refractivity contribution in [2.75, 3.05) is 0 Å². The zero-order valence-electron chi connectivity index (χ0n) is 6.18. The van der Waals surface area contributed by atoms with Gasteiger partial charge in [0.25, 0.3) is 6.20 Å². The molecule has 0 amide bonds. The Morgan fingerprint density at radius 1 is 1.42 bits per heavy atom. The Hall–Kier alpha value is -1.84. The van der Waals surface area contributed by atoms with Gasteiger partial charge in [0.2, 0.25) is 0 Å². The molecule has 0 unspecified atom stereocenters. The van der Waals surface area contributed by atoms with Crippen LogP contribution in [0.1, 0.15) is 5.56 Å². The van der Waals surface area contributed by atoms with E-state index in [9.17, 15) is 10.1 Å². The van der Waals surface area contributed by atoms with Crippen LogP contribution in [0, 0.1) is 10.1 Å². The number of hydrogen-bond acceptors (Lipinski definition) is 3. The first-order valence-electron chi connectivity index (χ1n) is 3.30. The van der Waals surface area contributed by atoms with E-state index in [1.165, 1.54) is 0 Å². The fraction of sp³-hybridized carbons (Fsp3) is 0. The van der Waals surface area contributed by atoms with Crippen LogP contribution in [0.3, 0.4) is 0 Å². The Kier molecular flexibility index (Phi) is 2.42. The van der Waals surface area contributed by atoms with Gasteiger partial charge in [0, 0.05) is 5.56 Å². The van der Waals surface area contributed by atoms with Crippen LogP contribution < -0.4 is 0 Å². The third-order valence-electron chi connectivity index (χ3n) is 1.30. The molecule has 12 heavy (non-hydrogen) atoms. The number of aliphatic hydroxyl groups excluding tert-OH is 1. The van der Waals surface area contributed by atoms with Crippen molar-refractivity contribution in [1.29, 1.82) is 0 Å². The predicted octanol–water partition coefficient (Wildman–Crippen LogP) is 1.82. The van der Waals surface area contributed by atoms with Crippen molar-refractivity contribution in [2.24, 2.45) is 0 Å². The van der Waals surface area contributed by atoms with Crippen LogP contribution in [0.15, 0.2) is 36.5 Å². The number of nitrogens with zero attached hydrogens (tertiary/aromatic N) is 1. The number of nitro groups is 1. The molecule has 0 atom stereocenters. The first-order valence-corrected chi connectivity index (χ1v) is 3.30. The van der Waals surface area contributed by atoms with E-state index in [-0.39, 0.29) is 5.76 Å². The fourth-order valence-corrected chi connectivity index (χ4v) is 0.783. The maximum absolute atomic E-state index is 9.95. The molecule has 0 aromatic heterocycles. The Bertz CT molecular complexity index is 305. The molecule has 1 aromatic carbocycles. The van der Waals surface area contributed by atoms with Gasteiger partial charge in [0.15, 0.2) is 5.76 Å². The summed E-state index contributed by atoms with van der Waals surface area (Å²) < 4.78 is 0. The molecule has 0 aliphatic rings. The highest BCUT2D eigenvalue weighted by Gasteiger charge is 2.01. The van der Waals surface area contributed by atoms with Crippen molar-refractivity contribution < 1.29 is 10.0 Å². The van der Waals surface area contributed by atoms with Crippen LogP contribution in [-0.2, 0) is 0 Å². The number of hydrogen-bond donors (Lipinski definition) is 1. The SMILES string of the molecule is O=[N+]([O-])C=C(O)c1ccccc1. The molecule has 62 valence electrons. The average molecular weight is 165 g/mol. The highest BCUT2D eigenvalue weighted by Crippen LogP contribution is 2.09. The lowest BCUT2D eigenvalue weighted by Gasteiger charge is -1.94. The van der Waals surface area contributed by atoms with Crippen LogP contribution in [0.4, 0.5) is 0 Å². The zero-order valence-corrected chi connectivity index (χ0v) is 6.18. The molecule has 0 spiro atoms. The van der Waals surface area contributed by atoms with Crippen LogP contribution in [0.2, 0.25) is 0 Å². The molecule has 0 bridgehead atoms. The highest BCUT2D eigenvalue weighted by atomic mass is 16.6. The van der Waals surface area contributed by atoms with E-state index in [2.05, 4.69) is 0 Å². The molecular weight excluding hydrogens is 158 g/mol. The Morgan fingerprint density at radius 2 is 2.00 bits per heavy atom. The van der Waals surface area contributed by atoms with E-state index in [0.717, 1.165) is 0 Å². The summed E-state index contributed by atoms with van der Waals surface area (Å²) in [7, 11) is 0. The fourth-order valence-electron chi connectivity index (χ4n) is 0.783. The highest BCUT2D eigenvalue weighted by molar-refractivity contribution is 5.56. The first-order chi connectivity index (χ1) is 5.70. The molecule has 0 saturated carbocycles. The van der Waals surface area contributed by atoms with Crippen LogP contribution in [-0.4, -0.2) is 10.0 Å². The standard InChI is InChI=1S/C8H7NO3/c10-8(6-9(11)12)7-4-2-1-3-5-7/h1-6,10H. The van der Waals surface area contributed by atoms with E-state index in [0.29, 0.717) is 11.8 Å². The van der Waals surface area contributed by atoms with Crippen LogP contribution in [0.5, 0.6) is 0 Å². The second kappa shape index (κ2) is 3.52. The summed E-state index contributed by atoms with van der Waals surface area (Å²) in [6, 6.07) is 8.34. The third kappa shape index (κ3) is 2.09. The van der Waals surface area contributed by atoms with Crippen molar-refractivity contribution in [1.82, 2.24) is 0 Å². The van der Waals surface area contributed by atoms with Crippen molar-refractivity contribution in [3.05, 3.63) is 52.2 Å².